The molecular weight excluding hydrogens is 364 g/mol. The van der Waals surface area contributed by atoms with Crippen molar-refractivity contribution in [2.24, 2.45) is 0 Å². The molecule has 1 aromatic heterocycles. The summed E-state index contributed by atoms with van der Waals surface area (Å²) in [6.45, 7) is 5.60. The fourth-order valence-corrected chi connectivity index (χ4v) is 3.57. The predicted octanol–water partition coefficient (Wildman–Crippen LogP) is 2.55. The van der Waals surface area contributed by atoms with Gasteiger partial charge in [-0.25, -0.2) is 0 Å². The van der Waals surface area contributed by atoms with Crippen molar-refractivity contribution in [3.05, 3.63) is 46.7 Å². The zero-order valence-corrected chi connectivity index (χ0v) is 16.2. The molecule has 0 radical (unpaired) electrons. The first kappa shape index (κ1) is 19.4. The highest BCUT2D eigenvalue weighted by molar-refractivity contribution is 7.12. The zero-order chi connectivity index (χ0) is 19.1. The molecule has 27 heavy (non-hydrogen) atoms. The molecule has 6 nitrogen and oxygen atoms in total. The van der Waals surface area contributed by atoms with Crippen LogP contribution in [0.4, 0.5) is 0 Å². The van der Waals surface area contributed by atoms with E-state index in [-0.39, 0.29) is 18.3 Å². The number of piperazine rings is 1. The fourth-order valence-electron chi connectivity index (χ4n) is 2.91. The van der Waals surface area contributed by atoms with Gasteiger partial charge in [0.15, 0.2) is 12.4 Å². The molecule has 1 aliphatic rings. The molecule has 144 valence electrons. The third kappa shape index (κ3) is 5.55. The quantitative estimate of drug-likeness (QED) is 0.651. The Morgan fingerprint density at radius 2 is 1.67 bits per heavy atom. The van der Waals surface area contributed by atoms with Gasteiger partial charge >= 0.3 is 0 Å². The monoisotopic (exact) mass is 388 g/mol. The number of nitrogens with zero attached hydrogens (tertiary/aromatic N) is 2. The third-order valence-electron chi connectivity index (χ3n) is 4.39. The van der Waals surface area contributed by atoms with Gasteiger partial charge in [-0.2, -0.15) is 0 Å². The standard InChI is InChI=1S/C20H24N2O4S/c1-2-25-16-5-7-17(8-6-16)26-15-20(24)22-11-9-21(10-12-22)14-18(23)19-4-3-13-27-19/h3-8,13H,2,9-12,14-15H2,1H3. The maximum absolute atomic E-state index is 12.3. The van der Waals surface area contributed by atoms with Gasteiger partial charge in [-0.1, -0.05) is 6.07 Å². The van der Waals surface area contributed by atoms with Crippen LogP contribution in [0.3, 0.4) is 0 Å². The van der Waals surface area contributed by atoms with Gasteiger partial charge < -0.3 is 14.4 Å². The number of benzene rings is 1. The Hall–Kier alpha value is -2.38. The van der Waals surface area contributed by atoms with Crippen LogP contribution in [0.2, 0.25) is 0 Å². The normalized spacial score (nSPS) is 14.8. The van der Waals surface area contributed by atoms with Gasteiger partial charge in [-0.05, 0) is 42.6 Å². The molecule has 1 amide bonds. The van der Waals surface area contributed by atoms with E-state index in [0.717, 1.165) is 10.6 Å². The molecule has 1 aliphatic heterocycles. The second-order valence-corrected chi connectivity index (χ2v) is 7.20. The van der Waals surface area contributed by atoms with Gasteiger partial charge in [0.2, 0.25) is 0 Å². The number of amides is 1. The molecule has 1 fully saturated rings. The Labute approximate surface area is 163 Å². The lowest BCUT2D eigenvalue weighted by molar-refractivity contribution is -0.135. The van der Waals surface area contributed by atoms with Crippen LogP contribution in [-0.4, -0.2) is 67.4 Å². The van der Waals surface area contributed by atoms with E-state index in [1.807, 2.05) is 36.6 Å². The molecule has 1 aromatic carbocycles. The SMILES string of the molecule is CCOc1ccc(OCC(=O)N2CCN(CC(=O)c3cccs3)CC2)cc1. The van der Waals surface area contributed by atoms with E-state index >= 15 is 0 Å². The van der Waals surface area contributed by atoms with E-state index in [1.165, 1.54) is 11.3 Å². The van der Waals surface area contributed by atoms with E-state index in [9.17, 15) is 9.59 Å². The minimum Gasteiger partial charge on any atom is -0.494 e. The van der Waals surface area contributed by atoms with E-state index in [2.05, 4.69) is 4.90 Å². The molecule has 0 N–H and O–H groups in total. The summed E-state index contributed by atoms with van der Waals surface area (Å²) in [7, 11) is 0. The number of ketones is 1. The minimum atomic E-state index is -0.0341. The van der Waals surface area contributed by atoms with E-state index < -0.39 is 0 Å². The minimum absolute atomic E-state index is 0.0160. The van der Waals surface area contributed by atoms with Crippen LogP contribution in [0, 0.1) is 0 Å². The first-order valence-electron chi connectivity index (χ1n) is 9.08. The van der Waals surface area contributed by atoms with Crippen molar-refractivity contribution in [1.29, 1.82) is 0 Å². The lowest BCUT2D eigenvalue weighted by Gasteiger charge is -2.34. The molecule has 3 rings (SSSR count). The van der Waals surface area contributed by atoms with Crippen molar-refractivity contribution in [2.45, 2.75) is 6.92 Å². The summed E-state index contributed by atoms with van der Waals surface area (Å²) >= 11 is 1.47. The molecular formula is C20H24N2O4S. The molecule has 7 heteroatoms. The first-order chi connectivity index (χ1) is 13.2. The summed E-state index contributed by atoms with van der Waals surface area (Å²) in [5.74, 6) is 1.54. The predicted molar refractivity (Wildman–Crippen MR) is 105 cm³/mol. The maximum atomic E-state index is 12.3. The fraction of sp³-hybridized carbons (Fsp3) is 0.400. The van der Waals surface area contributed by atoms with Crippen LogP contribution in [0.5, 0.6) is 11.5 Å². The molecule has 0 unspecified atom stereocenters. The van der Waals surface area contributed by atoms with E-state index in [4.69, 9.17) is 9.47 Å². The second kappa shape index (κ2) is 9.53. The molecule has 2 heterocycles. The highest BCUT2D eigenvalue weighted by Gasteiger charge is 2.23. The number of carbonyl (C=O) groups is 2. The molecule has 0 bridgehead atoms. The number of rotatable bonds is 8. The topological polar surface area (TPSA) is 59.1 Å². The average molecular weight is 388 g/mol. The Balaban J connectivity index is 1.40. The highest BCUT2D eigenvalue weighted by Crippen LogP contribution is 2.17. The lowest BCUT2D eigenvalue weighted by Crippen LogP contribution is -2.50. The maximum Gasteiger partial charge on any atom is 0.260 e. The van der Waals surface area contributed by atoms with Gasteiger partial charge in [0.1, 0.15) is 11.5 Å². The summed E-state index contributed by atoms with van der Waals surface area (Å²) in [5.41, 5.74) is 0. The van der Waals surface area contributed by atoms with Crippen molar-refractivity contribution >= 4 is 23.0 Å². The summed E-state index contributed by atoms with van der Waals surface area (Å²) in [6, 6.07) is 11.0. The number of carbonyl (C=O) groups excluding carboxylic acids is 2. The molecule has 0 spiro atoms. The molecule has 1 saturated heterocycles. The van der Waals surface area contributed by atoms with Gasteiger partial charge in [0.25, 0.3) is 5.91 Å². The summed E-state index contributed by atoms with van der Waals surface area (Å²) in [5, 5.41) is 1.91. The van der Waals surface area contributed by atoms with Crippen molar-refractivity contribution < 1.29 is 19.1 Å². The van der Waals surface area contributed by atoms with E-state index in [0.29, 0.717) is 45.1 Å². The zero-order valence-electron chi connectivity index (χ0n) is 15.4. The Kier molecular flexibility index (Phi) is 6.84. The lowest BCUT2D eigenvalue weighted by atomic mass is 10.2. The van der Waals surface area contributed by atoms with Crippen LogP contribution in [-0.2, 0) is 4.79 Å². The van der Waals surface area contributed by atoms with E-state index in [1.54, 1.807) is 17.0 Å². The van der Waals surface area contributed by atoms with Crippen molar-refractivity contribution in [3.8, 4) is 11.5 Å². The summed E-state index contributed by atoms with van der Waals surface area (Å²) in [4.78, 5) is 29.2. The van der Waals surface area contributed by atoms with Crippen LogP contribution in [0.15, 0.2) is 41.8 Å². The number of hydrogen-bond acceptors (Lipinski definition) is 6. The molecule has 0 aliphatic carbocycles. The number of hydrogen-bond donors (Lipinski definition) is 0. The number of thiophene rings is 1. The first-order valence-corrected chi connectivity index (χ1v) is 9.96. The Bertz CT molecular complexity index is 738. The highest BCUT2D eigenvalue weighted by atomic mass is 32.1. The Morgan fingerprint density at radius 3 is 2.26 bits per heavy atom. The smallest absolute Gasteiger partial charge is 0.260 e. The summed E-state index contributed by atoms with van der Waals surface area (Å²) in [6.07, 6.45) is 0. The Morgan fingerprint density at radius 1 is 1.00 bits per heavy atom. The number of Topliss-reactive ketones (excluding diaryl/α,β-unsaturated/α-hetero) is 1. The molecule has 0 saturated carbocycles. The molecule has 2 aromatic rings. The van der Waals surface area contributed by atoms with Crippen molar-refractivity contribution in [2.75, 3.05) is 45.9 Å². The van der Waals surface area contributed by atoms with Gasteiger partial charge in [0, 0.05) is 26.2 Å². The third-order valence-corrected chi connectivity index (χ3v) is 5.30. The molecule has 0 atom stereocenters. The van der Waals surface area contributed by atoms with Crippen LogP contribution < -0.4 is 9.47 Å². The average Bonchev–Trinajstić information content (AvgIpc) is 3.23. The van der Waals surface area contributed by atoms with Crippen LogP contribution in [0.25, 0.3) is 0 Å². The van der Waals surface area contributed by atoms with Crippen LogP contribution >= 0.6 is 11.3 Å². The second-order valence-electron chi connectivity index (χ2n) is 6.25. The summed E-state index contributed by atoms with van der Waals surface area (Å²) < 4.78 is 11.0. The van der Waals surface area contributed by atoms with Crippen molar-refractivity contribution in [3.63, 3.8) is 0 Å². The van der Waals surface area contributed by atoms with Gasteiger partial charge in [-0.15, -0.1) is 11.3 Å². The van der Waals surface area contributed by atoms with Crippen LogP contribution in [0.1, 0.15) is 16.6 Å². The largest absolute Gasteiger partial charge is 0.494 e. The number of ether oxygens (including phenoxy) is 2. The van der Waals surface area contributed by atoms with Gasteiger partial charge in [-0.3, -0.25) is 14.5 Å². The van der Waals surface area contributed by atoms with Crippen molar-refractivity contribution in [1.82, 2.24) is 9.80 Å². The van der Waals surface area contributed by atoms with Gasteiger partial charge in [0.05, 0.1) is 18.0 Å².